The minimum absolute atomic E-state index is 0.204. The molecule has 1 fully saturated rings. The Labute approximate surface area is 93.2 Å². The van der Waals surface area contributed by atoms with Crippen molar-refractivity contribution < 1.29 is 24.2 Å². The van der Waals surface area contributed by atoms with Crippen LogP contribution < -0.4 is 0 Å². The minimum atomic E-state index is -1.01. The van der Waals surface area contributed by atoms with Crippen molar-refractivity contribution in [3.63, 3.8) is 0 Å². The molecule has 0 unspecified atom stereocenters. The monoisotopic (exact) mass is 229 g/mol. The molecule has 1 rings (SSSR count). The third-order valence-corrected chi connectivity index (χ3v) is 2.50. The van der Waals surface area contributed by atoms with Gasteiger partial charge in [0.15, 0.2) is 6.61 Å². The summed E-state index contributed by atoms with van der Waals surface area (Å²) in [6.07, 6.45) is 1.34. The number of aliphatic carboxylic acids is 1. The first kappa shape index (κ1) is 12.5. The molecule has 1 heterocycles. The Hall–Kier alpha value is -1.59. The molecule has 0 spiro atoms. The van der Waals surface area contributed by atoms with Crippen molar-refractivity contribution in [3.05, 3.63) is 0 Å². The zero-order valence-corrected chi connectivity index (χ0v) is 9.14. The molecule has 0 aromatic carbocycles. The maximum absolute atomic E-state index is 11.6. The molecular formula is C10H15NO5. The van der Waals surface area contributed by atoms with Crippen LogP contribution in [0.3, 0.4) is 0 Å². The Bertz CT molecular complexity index is 302. The van der Waals surface area contributed by atoms with E-state index in [0.717, 1.165) is 0 Å². The van der Waals surface area contributed by atoms with Gasteiger partial charge in [-0.2, -0.15) is 0 Å². The largest absolute Gasteiger partial charge is 0.480 e. The molecule has 0 saturated carbocycles. The Morgan fingerprint density at radius 3 is 2.69 bits per heavy atom. The van der Waals surface area contributed by atoms with Crippen molar-refractivity contribution in [2.24, 2.45) is 0 Å². The van der Waals surface area contributed by atoms with Crippen molar-refractivity contribution in [1.29, 1.82) is 0 Å². The highest BCUT2D eigenvalue weighted by atomic mass is 16.5. The van der Waals surface area contributed by atoms with Crippen LogP contribution in [0.5, 0.6) is 0 Å². The van der Waals surface area contributed by atoms with E-state index in [2.05, 4.69) is 4.74 Å². The number of carboxylic acids is 1. The molecule has 1 atom stereocenters. The molecule has 0 aromatic heterocycles. The number of nitrogens with zero attached hydrogens (tertiary/aromatic N) is 1. The van der Waals surface area contributed by atoms with E-state index in [-0.39, 0.29) is 13.0 Å². The fourth-order valence-corrected chi connectivity index (χ4v) is 1.65. The van der Waals surface area contributed by atoms with Crippen molar-refractivity contribution in [3.8, 4) is 0 Å². The van der Waals surface area contributed by atoms with Crippen LogP contribution in [-0.4, -0.2) is 47.0 Å². The molecule has 6 heteroatoms. The third kappa shape index (κ3) is 2.95. The molecule has 1 N–H and O–H groups in total. The summed E-state index contributed by atoms with van der Waals surface area (Å²) in [5.74, 6) is -1.90. The van der Waals surface area contributed by atoms with E-state index >= 15 is 0 Å². The summed E-state index contributed by atoms with van der Waals surface area (Å²) in [5.41, 5.74) is 0. The number of likely N-dealkylation sites (tertiary alicyclic amines) is 1. The van der Waals surface area contributed by atoms with Crippen LogP contribution in [-0.2, 0) is 19.1 Å². The molecule has 16 heavy (non-hydrogen) atoms. The van der Waals surface area contributed by atoms with E-state index in [1.54, 1.807) is 6.92 Å². The Morgan fingerprint density at radius 2 is 2.12 bits per heavy atom. The van der Waals surface area contributed by atoms with Gasteiger partial charge in [-0.05, 0) is 12.8 Å². The molecule has 1 aliphatic heterocycles. The van der Waals surface area contributed by atoms with Gasteiger partial charge in [0.1, 0.15) is 6.04 Å². The number of carboxylic acid groups (broad SMARTS) is 1. The van der Waals surface area contributed by atoms with Crippen LogP contribution in [0.2, 0.25) is 0 Å². The Balaban J connectivity index is 2.47. The number of hydrogen-bond donors (Lipinski definition) is 1. The SMILES string of the molecule is CCC(=O)OCC(=O)N1CCC[C@H]1C(=O)O. The maximum Gasteiger partial charge on any atom is 0.326 e. The lowest BCUT2D eigenvalue weighted by atomic mass is 10.2. The van der Waals surface area contributed by atoms with Crippen LogP contribution in [0, 0.1) is 0 Å². The zero-order valence-electron chi connectivity index (χ0n) is 9.14. The van der Waals surface area contributed by atoms with E-state index in [1.807, 2.05) is 0 Å². The van der Waals surface area contributed by atoms with E-state index in [9.17, 15) is 14.4 Å². The van der Waals surface area contributed by atoms with Crippen molar-refractivity contribution in [2.75, 3.05) is 13.2 Å². The highest BCUT2D eigenvalue weighted by Gasteiger charge is 2.34. The van der Waals surface area contributed by atoms with Gasteiger partial charge in [0, 0.05) is 13.0 Å². The van der Waals surface area contributed by atoms with E-state index in [0.29, 0.717) is 19.4 Å². The average Bonchev–Trinajstić information content (AvgIpc) is 2.74. The van der Waals surface area contributed by atoms with E-state index in [4.69, 9.17) is 5.11 Å². The van der Waals surface area contributed by atoms with Gasteiger partial charge in [-0.1, -0.05) is 6.92 Å². The van der Waals surface area contributed by atoms with Crippen LogP contribution in [0.4, 0.5) is 0 Å². The average molecular weight is 229 g/mol. The molecular weight excluding hydrogens is 214 g/mol. The normalized spacial score (nSPS) is 19.6. The first-order valence-corrected chi connectivity index (χ1v) is 5.24. The molecule has 90 valence electrons. The summed E-state index contributed by atoms with van der Waals surface area (Å²) >= 11 is 0. The van der Waals surface area contributed by atoms with Gasteiger partial charge in [-0.3, -0.25) is 9.59 Å². The molecule has 0 radical (unpaired) electrons. The molecule has 6 nitrogen and oxygen atoms in total. The van der Waals surface area contributed by atoms with Crippen LogP contribution in [0.15, 0.2) is 0 Å². The Morgan fingerprint density at radius 1 is 1.44 bits per heavy atom. The van der Waals surface area contributed by atoms with Gasteiger partial charge < -0.3 is 14.7 Å². The summed E-state index contributed by atoms with van der Waals surface area (Å²) in [6.45, 7) is 1.68. The number of carbonyl (C=O) groups excluding carboxylic acids is 2. The van der Waals surface area contributed by atoms with Crippen molar-refractivity contribution in [1.82, 2.24) is 4.90 Å². The van der Waals surface area contributed by atoms with Gasteiger partial charge >= 0.3 is 11.9 Å². The second-order valence-corrected chi connectivity index (χ2v) is 3.60. The molecule has 1 saturated heterocycles. The second-order valence-electron chi connectivity index (χ2n) is 3.60. The number of carbonyl (C=O) groups is 3. The number of esters is 1. The number of amides is 1. The van der Waals surface area contributed by atoms with Crippen molar-refractivity contribution in [2.45, 2.75) is 32.2 Å². The number of hydrogen-bond acceptors (Lipinski definition) is 4. The quantitative estimate of drug-likeness (QED) is 0.687. The first-order chi connectivity index (χ1) is 7.56. The van der Waals surface area contributed by atoms with Crippen LogP contribution in [0.1, 0.15) is 26.2 Å². The maximum atomic E-state index is 11.6. The predicted octanol–water partition coefficient (Wildman–Crippen LogP) is 0.0152. The molecule has 1 aliphatic rings. The lowest BCUT2D eigenvalue weighted by molar-refractivity contribution is -0.155. The van der Waals surface area contributed by atoms with Crippen LogP contribution in [0.25, 0.3) is 0 Å². The topological polar surface area (TPSA) is 83.9 Å². The van der Waals surface area contributed by atoms with Gasteiger partial charge in [0.25, 0.3) is 5.91 Å². The lowest BCUT2D eigenvalue weighted by Crippen LogP contribution is -2.42. The van der Waals surface area contributed by atoms with Gasteiger partial charge in [0.05, 0.1) is 0 Å². The smallest absolute Gasteiger partial charge is 0.326 e. The highest BCUT2D eigenvalue weighted by Crippen LogP contribution is 2.17. The lowest BCUT2D eigenvalue weighted by Gasteiger charge is -2.20. The third-order valence-electron chi connectivity index (χ3n) is 2.50. The standard InChI is InChI=1S/C10H15NO5/c1-2-9(13)16-6-8(12)11-5-3-4-7(11)10(14)15/h7H,2-6H2,1H3,(H,14,15)/t7-/m0/s1. The summed E-state index contributed by atoms with van der Waals surface area (Å²) in [4.78, 5) is 34.5. The molecule has 0 aromatic rings. The zero-order chi connectivity index (χ0) is 12.1. The fraction of sp³-hybridized carbons (Fsp3) is 0.700. The van der Waals surface area contributed by atoms with Gasteiger partial charge in [-0.25, -0.2) is 4.79 Å². The summed E-state index contributed by atoms with van der Waals surface area (Å²) in [5, 5.41) is 8.85. The molecule has 1 amide bonds. The van der Waals surface area contributed by atoms with Crippen molar-refractivity contribution >= 4 is 17.8 Å². The minimum Gasteiger partial charge on any atom is -0.480 e. The summed E-state index contributed by atoms with van der Waals surface area (Å²) in [7, 11) is 0. The van der Waals surface area contributed by atoms with Gasteiger partial charge in [-0.15, -0.1) is 0 Å². The molecule has 0 aliphatic carbocycles. The van der Waals surface area contributed by atoms with Gasteiger partial charge in [0.2, 0.25) is 0 Å². The summed E-state index contributed by atoms with van der Waals surface area (Å²) in [6, 6.07) is -0.771. The number of ether oxygens (including phenoxy) is 1. The summed E-state index contributed by atoms with van der Waals surface area (Å²) < 4.78 is 4.67. The predicted molar refractivity (Wildman–Crippen MR) is 53.6 cm³/mol. The number of rotatable bonds is 4. The van der Waals surface area contributed by atoms with E-state index in [1.165, 1.54) is 4.90 Å². The Kier molecular flexibility index (Phi) is 4.28. The van der Waals surface area contributed by atoms with Crippen LogP contribution >= 0.6 is 0 Å². The molecule has 0 bridgehead atoms. The van der Waals surface area contributed by atoms with E-state index < -0.39 is 23.9 Å². The second kappa shape index (κ2) is 5.48. The first-order valence-electron chi connectivity index (χ1n) is 5.24. The fourth-order valence-electron chi connectivity index (χ4n) is 1.65. The highest BCUT2D eigenvalue weighted by molar-refractivity contribution is 5.86.